The van der Waals surface area contributed by atoms with Gasteiger partial charge < -0.3 is 14.8 Å². The monoisotopic (exact) mass is 300 g/mol. The van der Waals surface area contributed by atoms with Crippen molar-refractivity contribution in [2.24, 2.45) is 0 Å². The zero-order chi connectivity index (χ0) is 16.0. The van der Waals surface area contributed by atoms with Crippen molar-refractivity contribution in [3.63, 3.8) is 0 Å². The van der Waals surface area contributed by atoms with Gasteiger partial charge in [-0.05, 0) is 44.0 Å². The van der Waals surface area contributed by atoms with Crippen LogP contribution in [0.2, 0.25) is 0 Å². The number of hydrogen-bond donors (Lipinski definition) is 0. The average molecular weight is 300 g/mol. The van der Waals surface area contributed by atoms with Crippen molar-refractivity contribution in [1.29, 1.82) is 0 Å². The van der Waals surface area contributed by atoms with E-state index in [1.807, 2.05) is 18.2 Å². The number of ether oxygens (including phenoxy) is 1. The predicted octanol–water partition coefficient (Wildman–Crippen LogP) is 4.94. The van der Waals surface area contributed by atoms with E-state index in [4.69, 9.17) is 9.57 Å². The van der Waals surface area contributed by atoms with E-state index < -0.39 is 0 Å². The van der Waals surface area contributed by atoms with Crippen LogP contribution in [0.15, 0.2) is 54.6 Å². The number of nitrogens with zero attached hydrogens (tertiary/aromatic N) is 1. The molecule has 0 N–H and O–H groups in total. The lowest BCUT2D eigenvalue weighted by atomic mass is 10.00. The lowest BCUT2D eigenvalue weighted by molar-refractivity contribution is 0.0799. The average Bonchev–Trinajstić information content (AvgIpc) is 2.56. The summed E-state index contributed by atoms with van der Waals surface area (Å²) in [5, 5.41) is 12.5. The summed E-state index contributed by atoms with van der Waals surface area (Å²) < 4.78 is 6.03. The summed E-state index contributed by atoms with van der Waals surface area (Å²) in [6, 6.07) is 16.0. The first kappa shape index (κ1) is 16.2. The van der Waals surface area contributed by atoms with Gasteiger partial charge in [-0.2, -0.15) is 0 Å². The molecule has 118 valence electrons. The number of para-hydroxylation sites is 1. The fourth-order valence-electron chi connectivity index (χ4n) is 1.97. The highest BCUT2D eigenvalue weighted by Crippen LogP contribution is 2.28. The van der Waals surface area contributed by atoms with Crippen molar-refractivity contribution >= 4 is 5.69 Å². The van der Waals surface area contributed by atoms with Gasteiger partial charge in [0.15, 0.2) is 5.75 Å². The summed E-state index contributed by atoms with van der Waals surface area (Å²) in [4.78, 5) is 5.32. The minimum Gasteiger partial charge on any atom is -0.724 e. The third-order valence-electron chi connectivity index (χ3n) is 3.82. The van der Waals surface area contributed by atoms with E-state index in [0.29, 0.717) is 22.4 Å². The minimum absolute atomic E-state index is 0.213. The summed E-state index contributed by atoms with van der Waals surface area (Å²) in [5.41, 5.74) is 0.232. The van der Waals surface area contributed by atoms with E-state index in [1.54, 1.807) is 36.4 Å². The zero-order valence-corrected chi connectivity index (χ0v) is 13.3. The third kappa shape index (κ3) is 4.15. The molecular formula is C18H22NO3-. The zero-order valence-electron chi connectivity index (χ0n) is 13.3. The van der Waals surface area contributed by atoms with Crippen LogP contribution >= 0.6 is 0 Å². The molecular weight excluding hydrogens is 278 g/mol. The summed E-state index contributed by atoms with van der Waals surface area (Å²) in [6.45, 7) is 6.27. The molecule has 4 nitrogen and oxygen atoms in total. The van der Waals surface area contributed by atoms with Gasteiger partial charge in [0, 0.05) is 6.07 Å². The standard InChI is InChI=1S/C18H22NO3/c1-4-18(3,5-2)21-16-12-9-13-17(14-16)22-19(20)15-10-7-6-8-11-15/h6-14H,4-5H2,1-3H3/q-1. The molecule has 2 rings (SSSR count). The molecule has 0 saturated heterocycles. The molecule has 2 aromatic carbocycles. The van der Waals surface area contributed by atoms with Gasteiger partial charge in [0.05, 0.1) is 5.69 Å². The van der Waals surface area contributed by atoms with Gasteiger partial charge in [-0.3, -0.25) is 5.23 Å². The van der Waals surface area contributed by atoms with E-state index in [-0.39, 0.29) is 5.60 Å². The molecule has 0 heterocycles. The smallest absolute Gasteiger partial charge is 0.157 e. The van der Waals surface area contributed by atoms with Gasteiger partial charge in [0.2, 0.25) is 0 Å². The van der Waals surface area contributed by atoms with Crippen LogP contribution in [0.25, 0.3) is 0 Å². The molecule has 0 saturated carbocycles. The third-order valence-corrected chi connectivity index (χ3v) is 3.82. The Hall–Kier alpha value is -2.20. The summed E-state index contributed by atoms with van der Waals surface area (Å²) in [7, 11) is 0. The summed E-state index contributed by atoms with van der Waals surface area (Å²) in [6.07, 6.45) is 1.82. The Morgan fingerprint density at radius 1 is 0.955 bits per heavy atom. The van der Waals surface area contributed by atoms with E-state index in [2.05, 4.69) is 20.8 Å². The van der Waals surface area contributed by atoms with Gasteiger partial charge in [-0.1, -0.05) is 38.1 Å². The summed E-state index contributed by atoms with van der Waals surface area (Å²) >= 11 is 0. The predicted molar refractivity (Wildman–Crippen MR) is 89.0 cm³/mol. The highest BCUT2D eigenvalue weighted by molar-refractivity contribution is 5.45. The molecule has 0 radical (unpaired) electrons. The van der Waals surface area contributed by atoms with Crippen molar-refractivity contribution in [1.82, 2.24) is 0 Å². The van der Waals surface area contributed by atoms with Crippen molar-refractivity contribution in [2.45, 2.75) is 39.2 Å². The first-order valence-corrected chi connectivity index (χ1v) is 7.55. The van der Waals surface area contributed by atoms with E-state index >= 15 is 0 Å². The fourth-order valence-corrected chi connectivity index (χ4v) is 1.97. The van der Waals surface area contributed by atoms with Crippen LogP contribution in [0.4, 0.5) is 5.69 Å². The topological polar surface area (TPSA) is 44.8 Å². The van der Waals surface area contributed by atoms with E-state index in [1.165, 1.54) is 0 Å². The van der Waals surface area contributed by atoms with Gasteiger partial charge >= 0.3 is 0 Å². The number of rotatable bonds is 7. The molecule has 0 aliphatic rings. The van der Waals surface area contributed by atoms with Crippen LogP contribution in [0.3, 0.4) is 0 Å². The molecule has 0 aromatic heterocycles. The number of hydrogen-bond acceptors (Lipinski definition) is 4. The van der Waals surface area contributed by atoms with Crippen LogP contribution in [0, 0.1) is 5.21 Å². The van der Waals surface area contributed by atoms with Crippen molar-refractivity contribution < 1.29 is 9.57 Å². The molecule has 0 amide bonds. The van der Waals surface area contributed by atoms with Crippen LogP contribution in [-0.2, 0) is 0 Å². The van der Waals surface area contributed by atoms with Crippen molar-refractivity contribution in [2.75, 3.05) is 5.23 Å². The second-order valence-corrected chi connectivity index (χ2v) is 5.42. The Bertz CT molecular complexity index is 582. The molecule has 0 atom stereocenters. The Kier molecular flexibility index (Phi) is 5.28. The molecule has 22 heavy (non-hydrogen) atoms. The SMILES string of the molecule is CCC(C)(CC)Oc1cccc(ON([O-])c2ccccc2)c1. The summed E-state index contributed by atoms with van der Waals surface area (Å²) in [5.74, 6) is 1.15. The number of anilines is 1. The molecule has 0 aliphatic heterocycles. The van der Waals surface area contributed by atoms with E-state index in [9.17, 15) is 5.21 Å². The minimum atomic E-state index is -0.213. The van der Waals surface area contributed by atoms with Crippen LogP contribution in [0.1, 0.15) is 33.6 Å². The lowest BCUT2D eigenvalue weighted by Crippen LogP contribution is -2.30. The second-order valence-electron chi connectivity index (χ2n) is 5.42. The van der Waals surface area contributed by atoms with Crippen molar-refractivity contribution in [3.05, 3.63) is 59.8 Å². The first-order chi connectivity index (χ1) is 10.6. The van der Waals surface area contributed by atoms with Gasteiger partial charge in [-0.15, -0.1) is 0 Å². The van der Waals surface area contributed by atoms with E-state index in [0.717, 1.165) is 12.8 Å². The Morgan fingerprint density at radius 3 is 2.23 bits per heavy atom. The molecule has 4 heteroatoms. The van der Waals surface area contributed by atoms with Crippen LogP contribution < -0.4 is 14.8 Å². The molecule has 0 bridgehead atoms. The first-order valence-electron chi connectivity index (χ1n) is 7.55. The van der Waals surface area contributed by atoms with Crippen LogP contribution in [0.5, 0.6) is 11.5 Å². The Morgan fingerprint density at radius 2 is 1.59 bits per heavy atom. The highest BCUT2D eigenvalue weighted by atomic mass is 16.9. The van der Waals surface area contributed by atoms with Gasteiger partial charge in [0.25, 0.3) is 0 Å². The van der Waals surface area contributed by atoms with Gasteiger partial charge in [0.1, 0.15) is 11.4 Å². The quantitative estimate of drug-likeness (QED) is 0.679. The molecule has 2 aromatic rings. The Labute approximate surface area is 131 Å². The molecule has 0 spiro atoms. The fraction of sp³-hybridized carbons (Fsp3) is 0.333. The van der Waals surface area contributed by atoms with Crippen LogP contribution in [-0.4, -0.2) is 5.60 Å². The Balaban J connectivity index is 2.08. The maximum atomic E-state index is 12.0. The largest absolute Gasteiger partial charge is 0.724 e. The second kappa shape index (κ2) is 7.18. The highest BCUT2D eigenvalue weighted by Gasteiger charge is 2.21. The van der Waals surface area contributed by atoms with Gasteiger partial charge in [-0.25, -0.2) is 0 Å². The van der Waals surface area contributed by atoms with Crippen molar-refractivity contribution in [3.8, 4) is 11.5 Å². The maximum Gasteiger partial charge on any atom is 0.157 e. The molecule has 0 fully saturated rings. The molecule has 0 unspecified atom stereocenters. The normalized spacial score (nSPS) is 11.1. The lowest BCUT2D eigenvalue weighted by Gasteiger charge is -2.30. The maximum absolute atomic E-state index is 12.0. The molecule has 0 aliphatic carbocycles. The number of benzene rings is 2.